The van der Waals surface area contributed by atoms with Gasteiger partial charge in [-0.2, -0.15) is 0 Å². The van der Waals surface area contributed by atoms with Crippen molar-refractivity contribution in [1.82, 2.24) is 0 Å². The van der Waals surface area contributed by atoms with Crippen molar-refractivity contribution in [3.8, 4) is 0 Å². The number of carbonyl (C=O) groups is 3. The summed E-state index contributed by atoms with van der Waals surface area (Å²) in [5, 5.41) is 0. The first-order valence-electron chi connectivity index (χ1n) is 21.4. The van der Waals surface area contributed by atoms with Gasteiger partial charge in [-0.15, -0.1) is 0 Å². The molecule has 11 unspecified atom stereocenters. The lowest BCUT2D eigenvalue weighted by Crippen LogP contribution is -2.46. The Kier molecular flexibility index (Phi) is 13.5. The van der Waals surface area contributed by atoms with Gasteiger partial charge in [0.1, 0.15) is 18.3 Å². The van der Waals surface area contributed by atoms with Crippen LogP contribution in [-0.2, 0) is 28.6 Å². The zero-order valence-electron chi connectivity index (χ0n) is 33.2. The molecule has 286 valence electrons. The van der Waals surface area contributed by atoms with E-state index >= 15 is 0 Å². The van der Waals surface area contributed by atoms with Crippen LogP contribution in [0.3, 0.4) is 0 Å². The maximum absolute atomic E-state index is 14.1. The van der Waals surface area contributed by atoms with Crippen LogP contribution in [0.15, 0.2) is 0 Å². The predicted octanol–water partition coefficient (Wildman–Crippen LogP) is 11.2. The Balaban J connectivity index is 1.17. The van der Waals surface area contributed by atoms with E-state index in [0.29, 0.717) is 23.7 Å². The average molecular weight is 699 g/mol. The first-order chi connectivity index (χ1) is 23.8. The van der Waals surface area contributed by atoms with Crippen molar-refractivity contribution in [2.24, 2.45) is 51.8 Å². The summed E-state index contributed by atoms with van der Waals surface area (Å²) in [6.45, 7) is 14.5. The summed E-state index contributed by atoms with van der Waals surface area (Å²) < 4.78 is 19.0. The maximum atomic E-state index is 14.1. The molecule has 5 saturated carbocycles. The molecular weight excluding hydrogens is 624 g/mol. The van der Waals surface area contributed by atoms with Crippen molar-refractivity contribution in [2.75, 3.05) is 0 Å². The molecule has 0 aromatic rings. The van der Waals surface area contributed by atoms with Crippen molar-refractivity contribution < 1.29 is 28.6 Å². The summed E-state index contributed by atoms with van der Waals surface area (Å²) in [4.78, 5) is 40.8. The van der Waals surface area contributed by atoms with Crippen LogP contribution in [0, 0.1) is 51.8 Å². The Morgan fingerprint density at radius 2 is 1.12 bits per heavy atom. The largest absolute Gasteiger partial charge is 0.462 e. The maximum Gasteiger partial charge on any atom is 0.312 e. The summed E-state index contributed by atoms with van der Waals surface area (Å²) in [6, 6.07) is 0. The average Bonchev–Trinajstić information content (AvgIpc) is 3.12. The Bertz CT molecular complexity index is 1150. The molecule has 0 radical (unpaired) electrons. The molecule has 0 N–H and O–H groups in total. The van der Waals surface area contributed by atoms with Crippen LogP contribution < -0.4 is 0 Å². The number of rotatable bonds is 13. The van der Waals surface area contributed by atoms with E-state index in [4.69, 9.17) is 14.2 Å². The zero-order valence-corrected chi connectivity index (χ0v) is 33.2. The quantitative estimate of drug-likeness (QED) is 0.141. The van der Waals surface area contributed by atoms with Crippen LogP contribution in [-0.4, -0.2) is 36.2 Å². The second kappa shape index (κ2) is 17.0. The molecule has 0 aromatic carbocycles. The van der Waals surface area contributed by atoms with Gasteiger partial charge in [0, 0.05) is 0 Å². The zero-order chi connectivity index (χ0) is 36.1. The van der Waals surface area contributed by atoms with Gasteiger partial charge < -0.3 is 14.2 Å². The lowest BCUT2D eigenvalue weighted by molar-refractivity contribution is -0.174. The summed E-state index contributed by atoms with van der Waals surface area (Å²) in [5.41, 5.74) is -1.46. The fraction of sp³-hybridized carbons (Fsp3) is 0.932. The molecule has 5 aliphatic carbocycles. The fourth-order valence-corrected chi connectivity index (χ4v) is 10.9. The van der Waals surface area contributed by atoms with Crippen molar-refractivity contribution in [2.45, 2.75) is 208 Å². The lowest BCUT2D eigenvalue weighted by Gasteiger charge is -2.48. The predicted molar refractivity (Wildman–Crippen MR) is 199 cm³/mol. The van der Waals surface area contributed by atoms with Crippen LogP contribution in [0.5, 0.6) is 0 Å². The number of ether oxygens (including phenoxy) is 3. The molecule has 5 fully saturated rings. The van der Waals surface area contributed by atoms with E-state index in [2.05, 4.69) is 27.7 Å². The highest BCUT2D eigenvalue weighted by Gasteiger charge is 2.48. The molecule has 0 amide bonds. The minimum Gasteiger partial charge on any atom is -0.462 e. The van der Waals surface area contributed by atoms with Gasteiger partial charge in [0.15, 0.2) is 0 Å². The third-order valence-corrected chi connectivity index (χ3v) is 15.2. The van der Waals surface area contributed by atoms with Gasteiger partial charge in [0.05, 0.1) is 16.2 Å². The molecule has 6 nitrogen and oxygen atoms in total. The van der Waals surface area contributed by atoms with Crippen molar-refractivity contribution in [1.29, 1.82) is 0 Å². The Morgan fingerprint density at radius 1 is 0.520 bits per heavy atom. The number of hydrogen-bond donors (Lipinski definition) is 0. The number of fused-ring (bicyclic) bond motifs is 2. The smallest absolute Gasteiger partial charge is 0.312 e. The van der Waals surface area contributed by atoms with E-state index in [9.17, 15) is 14.4 Å². The van der Waals surface area contributed by atoms with E-state index in [1.807, 2.05) is 20.8 Å². The summed E-state index contributed by atoms with van der Waals surface area (Å²) in [6.07, 6.45) is 23.2. The Morgan fingerprint density at radius 3 is 1.82 bits per heavy atom. The SMILES string of the molecule is CCC(C)(C)C(=O)OC1CCCC(CC(C)(CC)C(=O)OC2CCC(CC(C)(CC)C(=O)OC3CCC4CCCCC4C3)C3CCCCC23)C1. The number of esters is 3. The monoisotopic (exact) mass is 699 g/mol. The molecule has 0 aromatic heterocycles. The Labute approximate surface area is 305 Å². The number of carbonyl (C=O) groups excluding carboxylic acids is 3. The molecule has 0 aliphatic heterocycles. The van der Waals surface area contributed by atoms with Gasteiger partial charge in [-0.3, -0.25) is 14.4 Å². The molecule has 11 atom stereocenters. The van der Waals surface area contributed by atoms with Crippen LogP contribution >= 0.6 is 0 Å². The minimum atomic E-state index is -0.540. The molecule has 0 bridgehead atoms. The second-order valence-electron chi connectivity index (χ2n) is 19.1. The molecular formula is C44H74O6. The van der Waals surface area contributed by atoms with Crippen LogP contribution in [0.1, 0.15) is 190 Å². The summed E-state index contributed by atoms with van der Waals surface area (Å²) in [7, 11) is 0. The molecule has 50 heavy (non-hydrogen) atoms. The molecule has 6 heteroatoms. The van der Waals surface area contributed by atoms with Gasteiger partial charge in [0.25, 0.3) is 0 Å². The standard InChI is InChI=1S/C44H74O6/c1-8-42(4,5)39(45)48-34-19-15-16-30(26-34)28-43(6,9-2)41(47)50-38-25-23-33(36-20-13-14-21-37(36)38)29-44(7,10-3)40(46)49-35-24-22-31-17-11-12-18-32(31)27-35/h30-38H,8-29H2,1-7H3. The van der Waals surface area contributed by atoms with Crippen molar-refractivity contribution in [3.63, 3.8) is 0 Å². The highest BCUT2D eigenvalue weighted by molar-refractivity contribution is 5.77. The lowest BCUT2D eigenvalue weighted by atomic mass is 9.60. The van der Waals surface area contributed by atoms with Gasteiger partial charge >= 0.3 is 17.9 Å². The fourth-order valence-electron chi connectivity index (χ4n) is 10.9. The van der Waals surface area contributed by atoms with Crippen LogP contribution in [0.2, 0.25) is 0 Å². The van der Waals surface area contributed by atoms with E-state index in [1.54, 1.807) is 0 Å². The molecule has 0 heterocycles. The van der Waals surface area contributed by atoms with E-state index in [1.165, 1.54) is 51.4 Å². The highest BCUT2D eigenvalue weighted by atomic mass is 16.6. The van der Waals surface area contributed by atoms with E-state index in [0.717, 1.165) is 102 Å². The van der Waals surface area contributed by atoms with Crippen LogP contribution in [0.25, 0.3) is 0 Å². The third kappa shape index (κ3) is 9.31. The van der Waals surface area contributed by atoms with Crippen molar-refractivity contribution >= 4 is 17.9 Å². The second-order valence-corrected chi connectivity index (χ2v) is 19.1. The van der Waals surface area contributed by atoms with E-state index < -0.39 is 16.2 Å². The molecule has 0 spiro atoms. The highest BCUT2D eigenvalue weighted by Crippen LogP contribution is 2.51. The third-order valence-electron chi connectivity index (χ3n) is 15.2. The molecule has 5 aliphatic rings. The molecule has 0 saturated heterocycles. The van der Waals surface area contributed by atoms with Gasteiger partial charge in [-0.1, -0.05) is 65.7 Å². The Hall–Kier alpha value is -1.59. The minimum absolute atomic E-state index is 0.0308. The van der Waals surface area contributed by atoms with Gasteiger partial charge in [0.2, 0.25) is 0 Å². The van der Waals surface area contributed by atoms with Gasteiger partial charge in [-0.05, 0) is 160 Å². The van der Waals surface area contributed by atoms with Gasteiger partial charge in [-0.25, -0.2) is 0 Å². The first-order valence-corrected chi connectivity index (χ1v) is 21.4. The topological polar surface area (TPSA) is 78.9 Å². The van der Waals surface area contributed by atoms with Crippen molar-refractivity contribution in [3.05, 3.63) is 0 Å². The van der Waals surface area contributed by atoms with E-state index in [-0.39, 0.29) is 36.2 Å². The molecule has 5 rings (SSSR count). The van der Waals surface area contributed by atoms with Crippen LogP contribution in [0.4, 0.5) is 0 Å². The normalized spacial score (nSPS) is 35.7. The summed E-state index contributed by atoms with van der Waals surface area (Å²) >= 11 is 0. The first kappa shape index (κ1) is 39.6. The summed E-state index contributed by atoms with van der Waals surface area (Å²) in [5.74, 6) is 3.21. The number of hydrogen-bond acceptors (Lipinski definition) is 6.